The van der Waals surface area contributed by atoms with Gasteiger partial charge in [-0.15, -0.1) is 0 Å². The summed E-state index contributed by atoms with van der Waals surface area (Å²) in [4.78, 5) is 0. The van der Waals surface area contributed by atoms with E-state index in [4.69, 9.17) is 32.3 Å². The number of aryl methyl sites for hydroxylation is 4. The van der Waals surface area contributed by atoms with Crippen molar-refractivity contribution >= 4 is 37.3 Å². The van der Waals surface area contributed by atoms with E-state index in [0.717, 1.165) is 95.4 Å². The second-order valence-corrected chi connectivity index (χ2v) is 23.3. The average molecular weight is 1200 g/mol. The molecule has 10 heteroatoms. The SMILES string of the molecule is CC.CC.CC.COc1ccccc1.COc1ccccc1.COc1ccccc1.Cc1cc(C)c(OP(Oc2ccccc2C(C)(C)C)c2ccccc2)c(-c2cc(C)cc(C)c2OP(Oc2ccccc2C(C)(C)C)c2ccccc2)c1.P. The van der Waals surface area contributed by atoms with Gasteiger partial charge < -0.3 is 32.3 Å². The summed E-state index contributed by atoms with van der Waals surface area (Å²) in [6.45, 7) is 33.7. The van der Waals surface area contributed by atoms with Gasteiger partial charge in [-0.2, -0.15) is 9.90 Å². The summed E-state index contributed by atoms with van der Waals surface area (Å²) in [6, 6.07) is 74.9. The van der Waals surface area contributed by atoms with Gasteiger partial charge in [-0.1, -0.05) is 223 Å². The topological polar surface area (TPSA) is 64.6 Å². The number of rotatable bonds is 14. The van der Waals surface area contributed by atoms with E-state index < -0.39 is 16.8 Å². The molecule has 7 nitrogen and oxygen atoms in total. The minimum atomic E-state index is -1.59. The predicted octanol–water partition coefficient (Wildman–Crippen LogP) is 21.6. The highest BCUT2D eigenvalue weighted by atomic mass is 31.2. The molecular formula is C75H97O7P3. The molecule has 0 aliphatic carbocycles. The van der Waals surface area contributed by atoms with Gasteiger partial charge in [-0.3, -0.25) is 0 Å². The first kappa shape index (κ1) is 74.0. The van der Waals surface area contributed by atoms with E-state index in [2.05, 4.69) is 142 Å². The Morgan fingerprint density at radius 2 is 0.553 bits per heavy atom. The number of hydrogen-bond donors (Lipinski definition) is 0. The van der Waals surface area contributed by atoms with Gasteiger partial charge in [0, 0.05) is 11.1 Å². The molecule has 0 fully saturated rings. The van der Waals surface area contributed by atoms with Crippen LogP contribution in [-0.4, -0.2) is 21.3 Å². The molecule has 0 aliphatic heterocycles. The second-order valence-electron chi connectivity index (χ2n) is 20.5. The summed E-state index contributed by atoms with van der Waals surface area (Å²) in [5.41, 5.74) is 8.22. The summed E-state index contributed by atoms with van der Waals surface area (Å²) >= 11 is 0. The molecule has 9 aromatic rings. The minimum Gasteiger partial charge on any atom is -0.497 e. The Bertz CT molecular complexity index is 2950. The van der Waals surface area contributed by atoms with Crippen molar-refractivity contribution in [2.75, 3.05) is 21.3 Å². The monoisotopic (exact) mass is 1200 g/mol. The molecule has 0 spiro atoms. The second kappa shape index (κ2) is 39.5. The predicted molar refractivity (Wildman–Crippen MR) is 374 cm³/mol. The van der Waals surface area contributed by atoms with Gasteiger partial charge in [0.2, 0.25) is 0 Å². The van der Waals surface area contributed by atoms with E-state index in [9.17, 15) is 0 Å². The summed E-state index contributed by atoms with van der Waals surface area (Å²) in [5, 5.41) is 1.97. The fraction of sp³-hybridized carbons (Fsp3) is 0.280. The van der Waals surface area contributed by atoms with Gasteiger partial charge in [0.25, 0.3) is 0 Å². The lowest BCUT2D eigenvalue weighted by atomic mass is 9.86. The van der Waals surface area contributed by atoms with Crippen LogP contribution in [0.2, 0.25) is 0 Å². The third-order valence-corrected chi connectivity index (χ3v) is 15.0. The number of ether oxygens (including phenoxy) is 3. The first-order valence-corrected chi connectivity index (χ1v) is 31.5. The molecule has 0 saturated carbocycles. The fourth-order valence-corrected chi connectivity index (χ4v) is 11.1. The largest absolute Gasteiger partial charge is 0.497 e. The first-order chi connectivity index (χ1) is 40.5. The Labute approximate surface area is 518 Å². The van der Waals surface area contributed by atoms with Gasteiger partial charge in [0.1, 0.15) is 40.2 Å². The molecule has 0 N–H and O–H groups in total. The Morgan fingerprint density at radius 1 is 0.306 bits per heavy atom. The maximum absolute atomic E-state index is 7.18. The Hall–Kier alpha value is -7.13. The van der Waals surface area contributed by atoms with Crippen molar-refractivity contribution in [1.29, 1.82) is 0 Å². The molecule has 0 aliphatic rings. The molecule has 454 valence electrons. The summed E-state index contributed by atoms with van der Waals surface area (Å²) in [7, 11) is 1.80. The number of benzene rings is 9. The molecule has 0 amide bonds. The van der Waals surface area contributed by atoms with Crippen LogP contribution in [0.1, 0.15) is 116 Å². The number of para-hydroxylation sites is 5. The van der Waals surface area contributed by atoms with Crippen molar-refractivity contribution in [3.63, 3.8) is 0 Å². The lowest BCUT2D eigenvalue weighted by molar-refractivity contribution is 0.414. The molecule has 3 unspecified atom stereocenters. The van der Waals surface area contributed by atoms with Gasteiger partial charge in [0.15, 0.2) is 0 Å². The van der Waals surface area contributed by atoms with E-state index in [0.29, 0.717) is 0 Å². The Kier molecular flexibility index (Phi) is 34.4. The van der Waals surface area contributed by atoms with Crippen LogP contribution in [0.3, 0.4) is 0 Å². The number of hydrogen-bond acceptors (Lipinski definition) is 7. The molecule has 85 heavy (non-hydrogen) atoms. The van der Waals surface area contributed by atoms with Crippen LogP contribution >= 0.6 is 26.6 Å². The van der Waals surface area contributed by atoms with Gasteiger partial charge >= 0.3 is 16.8 Å². The van der Waals surface area contributed by atoms with E-state index in [1.807, 2.05) is 193 Å². The van der Waals surface area contributed by atoms with Crippen LogP contribution in [0.4, 0.5) is 0 Å². The van der Waals surface area contributed by atoms with Crippen molar-refractivity contribution < 1.29 is 32.3 Å². The van der Waals surface area contributed by atoms with Crippen molar-refractivity contribution in [3.8, 4) is 51.4 Å². The molecular weight excluding hydrogens is 1110 g/mol. The zero-order valence-corrected chi connectivity index (χ0v) is 57.5. The maximum atomic E-state index is 7.18. The molecule has 9 rings (SSSR count). The third kappa shape index (κ3) is 24.4. The van der Waals surface area contributed by atoms with Crippen LogP contribution in [0.15, 0.2) is 224 Å². The van der Waals surface area contributed by atoms with Crippen LogP contribution in [0.25, 0.3) is 11.1 Å². The first-order valence-electron chi connectivity index (χ1n) is 29.1. The molecule has 0 aromatic heterocycles. The van der Waals surface area contributed by atoms with Crippen LogP contribution in [-0.2, 0) is 10.8 Å². The summed E-state index contributed by atoms with van der Waals surface area (Å²) in [5.74, 6) is 5.90. The van der Waals surface area contributed by atoms with Crippen molar-refractivity contribution in [1.82, 2.24) is 0 Å². The minimum absolute atomic E-state index is 0. The maximum Gasteiger partial charge on any atom is 0.326 e. The van der Waals surface area contributed by atoms with E-state index in [1.54, 1.807) is 21.3 Å². The molecule has 0 saturated heterocycles. The smallest absolute Gasteiger partial charge is 0.326 e. The Morgan fingerprint density at radius 3 is 0.800 bits per heavy atom. The molecule has 3 atom stereocenters. The van der Waals surface area contributed by atoms with E-state index in [1.165, 1.54) is 0 Å². The zero-order chi connectivity index (χ0) is 62.1. The van der Waals surface area contributed by atoms with Gasteiger partial charge in [-0.05, 0) is 157 Å². The van der Waals surface area contributed by atoms with Crippen molar-refractivity contribution in [2.24, 2.45) is 0 Å². The highest BCUT2D eigenvalue weighted by Crippen LogP contribution is 2.52. The van der Waals surface area contributed by atoms with Gasteiger partial charge in [-0.25, -0.2) is 0 Å². The van der Waals surface area contributed by atoms with Crippen molar-refractivity contribution in [2.45, 2.75) is 122 Å². The zero-order valence-electron chi connectivity index (χ0n) is 54.3. The Balaban J connectivity index is 0.000000645. The highest BCUT2D eigenvalue weighted by molar-refractivity contribution is 7.57. The number of methoxy groups -OCH3 is 3. The van der Waals surface area contributed by atoms with Crippen LogP contribution in [0.5, 0.6) is 40.2 Å². The van der Waals surface area contributed by atoms with Crippen LogP contribution in [0, 0.1) is 27.7 Å². The quantitative estimate of drug-likeness (QED) is 0.101. The standard InChI is InChI=1S/C48H52O4P2.3C7H8O.3C2H6.H3P/c1-33-29-35(3)45(51-53(37-21-13-11-14-22-37)49-43-27-19-17-25-41(43)47(5,6)7)39(31-33)40-32-34(2)30-36(4)46(40)52-54(38-23-15-12-16-24-38)50-44-28-20-18-26-42(44)48(8,9)10;3*1-8-7-5-3-2-4-6-7;3*1-2;/h11-32H,1-10H3;3*2-6H,1H3;3*1-2H3;1H3. The molecule has 0 bridgehead atoms. The summed E-state index contributed by atoms with van der Waals surface area (Å²) in [6.07, 6.45) is 0. The van der Waals surface area contributed by atoms with Crippen LogP contribution < -0.4 is 42.9 Å². The summed E-state index contributed by atoms with van der Waals surface area (Å²) < 4.78 is 43.0. The fourth-order valence-electron chi connectivity index (χ4n) is 8.24. The van der Waals surface area contributed by atoms with E-state index in [-0.39, 0.29) is 20.7 Å². The van der Waals surface area contributed by atoms with E-state index >= 15 is 0 Å². The van der Waals surface area contributed by atoms with Gasteiger partial charge in [0.05, 0.1) is 31.9 Å². The third-order valence-electron chi connectivity index (χ3n) is 12.1. The molecule has 9 aromatic carbocycles. The lowest BCUT2D eigenvalue weighted by Gasteiger charge is -2.28. The highest BCUT2D eigenvalue weighted by Gasteiger charge is 2.29. The lowest BCUT2D eigenvalue weighted by Crippen LogP contribution is -2.16. The molecule has 0 radical (unpaired) electrons. The molecule has 0 heterocycles. The normalized spacial score (nSPS) is 10.8. The average Bonchev–Trinajstić information content (AvgIpc) is 2.20. The van der Waals surface area contributed by atoms with Crippen molar-refractivity contribution in [3.05, 3.63) is 258 Å².